The molecule has 0 aliphatic heterocycles. The Labute approximate surface area is 105 Å². The second kappa shape index (κ2) is 4.75. The SMILES string of the molecule is Cc1cc(C(=O)Nc2cnn(CC(F)(F)F)c2)no1. The quantitative estimate of drug-likeness (QED) is 0.929. The molecule has 0 bridgehead atoms. The molecule has 0 unspecified atom stereocenters. The van der Waals surface area contributed by atoms with E-state index in [9.17, 15) is 18.0 Å². The van der Waals surface area contributed by atoms with Gasteiger partial charge >= 0.3 is 6.18 Å². The van der Waals surface area contributed by atoms with Crippen molar-refractivity contribution in [3.8, 4) is 0 Å². The summed E-state index contributed by atoms with van der Waals surface area (Å²) in [6, 6.07) is 1.41. The Morgan fingerprint density at radius 1 is 1.53 bits per heavy atom. The molecule has 0 fully saturated rings. The van der Waals surface area contributed by atoms with Crippen LogP contribution in [-0.4, -0.2) is 27.0 Å². The lowest BCUT2D eigenvalue weighted by molar-refractivity contribution is -0.142. The highest BCUT2D eigenvalue weighted by molar-refractivity contribution is 6.02. The van der Waals surface area contributed by atoms with Crippen molar-refractivity contribution in [2.24, 2.45) is 0 Å². The first-order valence-electron chi connectivity index (χ1n) is 5.17. The van der Waals surface area contributed by atoms with Crippen LogP contribution in [0.1, 0.15) is 16.2 Å². The van der Waals surface area contributed by atoms with Gasteiger partial charge in [-0.25, -0.2) is 0 Å². The molecule has 0 radical (unpaired) electrons. The van der Waals surface area contributed by atoms with Gasteiger partial charge in [0.2, 0.25) is 0 Å². The van der Waals surface area contributed by atoms with E-state index >= 15 is 0 Å². The van der Waals surface area contributed by atoms with Crippen LogP contribution in [0.15, 0.2) is 23.0 Å². The Balaban J connectivity index is 2.02. The maximum atomic E-state index is 12.1. The molecule has 0 atom stereocenters. The molecule has 0 spiro atoms. The van der Waals surface area contributed by atoms with Gasteiger partial charge in [-0.1, -0.05) is 5.16 Å². The molecule has 102 valence electrons. The summed E-state index contributed by atoms with van der Waals surface area (Å²) in [6.07, 6.45) is -2.16. The maximum absolute atomic E-state index is 12.1. The normalized spacial score (nSPS) is 11.6. The predicted octanol–water partition coefficient (Wildman–Crippen LogP) is 1.99. The minimum Gasteiger partial charge on any atom is -0.361 e. The van der Waals surface area contributed by atoms with Gasteiger partial charge in [-0.05, 0) is 6.92 Å². The van der Waals surface area contributed by atoms with E-state index in [0.717, 1.165) is 12.4 Å². The molecule has 19 heavy (non-hydrogen) atoms. The van der Waals surface area contributed by atoms with Crippen LogP contribution in [0.3, 0.4) is 0 Å². The standard InChI is InChI=1S/C10H9F3N4O2/c1-6-2-8(16-19-6)9(18)15-7-3-14-17(4-7)5-10(11,12)13/h2-4H,5H2,1H3,(H,15,18). The fourth-order valence-electron chi connectivity index (χ4n) is 1.37. The summed E-state index contributed by atoms with van der Waals surface area (Å²) in [6.45, 7) is 0.400. The summed E-state index contributed by atoms with van der Waals surface area (Å²) in [5, 5.41) is 9.34. The van der Waals surface area contributed by atoms with Crippen LogP contribution in [0, 0.1) is 6.92 Å². The minimum atomic E-state index is -4.36. The third-order valence-corrected chi connectivity index (χ3v) is 2.09. The number of alkyl halides is 3. The molecule has 0 saturated heterocycles. The van der Waals surface area contributed by atoms with E-state index in [2.05, 4.69) is 15.6 Å². The highest BCUT2D eigenvalue weighted by Crippen LogP contribution is 2.18. The number of nitrogens with one attached hydrogen (secondary N) is 1. The summed E-state index contributed by atoms with van der Waals surface area (Å²) in [5.74, 6) is -0.124. The highest BCUT2D eigenvalue weighted by Gasteiger charge is 2.28. The summed E-state index contributed by atoms with van der Waals surface area (Å²) in [7, 11) is 0. The third kappa shape index (κ3) is 3.57. The smallest absolute Gasteiger partial charge is 0.361 e. The molecule has 2 rings (SSSR count). The molecule has 2 aromatic heterocycles. The van der Waals surface area contributed by atoms with Gasteiger partial charge < -0.3 is 9.84 Å². The Morgan fingerprint density at radius 2 is 2.26 bits per heavy atom. The van der Waals surface area contributed by atoms with Crippen molar-refractivity contribution >= 4 is 11.6 Å². The Morgan fingerprint density at radius 3 is 2.84 bits per heavy atom. The fraction of sp³-hybridized carbons (Fsp3) is 0.300. The van der Waals surface area contributed by atoms with Crippen molar-refractivity contribution in [3.63, 3.8) is 0 Å². The molecule has 0 aliphatic carbocycles. The average molecular weight is 274 g/mol. The van der Waals surface area contributed by atoms with Gasteiger partial charge in [0.25, 0.3) is 5.91 Å². The molecule has 1 N–H and O–H groups in total. The van der Waals surface area contributed by atoms with Crippen LogP contribution in [0.25, 0.3) is 0 Å². The second-order valence-corrected chi connectivity index (χ2v) is 3.82. The molecule has 9 heteroatoms. The Kier molecular flexibility index (Phi) is 3.28. The molecule has 1 amide bonds. The molecule has 0 aliphatic rings. The van der Waals surface area contributed by atoms with Crippen LogP contribution in [0.2, 0.25) is 0 Å². The van der Waals surface area contributed by atoms with Crippen LogP contribution in [-0.2, 0) is 6.54 Å². The van der Waals surface area contributed by atoms with Crippen molar-refractivity contribution in [2.75, 3.05) is 5.32 Å². The zero-order valence-corrected chi connectivity index (χ0v) is 9.73. The van der Waals surface area contributed by atoms with Crippen LogP contribution in [0.5, 0.6) is 0 Å². The Hall–Kier alpha value is -2.32. The molecular weight excluding hydrogens is 265 g/mol. The summed E-state index contributed by atoms with van der Waals surface area (Å²) >= 11 is 0. The van der Waals surface area contributed by atoms with Gasteiger partial charge in [-0.15, -0.1) is 0 Å². The fourth-order valence-corrected chi connectivity index (χ4v) is 1.37. The van der Waals surface area contributed by atoms with Crippen molar-refractivity contribution in [1.82, 2.24) is 14.9 Å². The molecule has 2 aromatic rings. The maximum Gasteiger partial charge on any atom is 0.408 e. The second-order valence-electron chi connectivity index (χ2n) is 3.82. The van der Waals surface area contributed by atoms with Crippen molar-refractivity contribution in [1.29, 1.82) is 0 Å². The first-order chi connectivity index (χ1) is 8.83. The van der Waals surface area contributed by atoms with Crippen LogP contribution in [0.4, 0.5) is 18.9 Å². The molecule has 2 heterocycles. The van der Waals surface area contributed by atoms with Crippen molar-refractivity contribution in [2.45, 2.75) is 19.6 Å². The Bertz CT molecular complexity index is 588. The van der Waals surface area contributed by atoms with Crippen LogP contribution >= 0.6 is 0 Å². The zero-order valence-electron chi connectivity index (χ0n) is 9.73. The number of halogens is 3. The summed E-state index contributed by atoms with van der Waals surface area (Å²) < 4.78 is 41.7. The predicted molar refractivity (Wildman–Crippen MR) is 57.5 cm³/mol. The first-order valence-corrected chi connectivity index (χ1v) is 5.17. The summed E-state index contributed by atoms with van der Waals surface area (Å²) in [4.78, 5) is 11.6. The van der Waals surface area contributed by atoms with E-state index in [0.29, 0.717) is 10.4 Å². The van der Waals surface area contributed by atoms with E-state index in [1.807, 2.05) is 0 Å². The number of aromatic nitrogens is 3. The highest BCUT2D eigenvalue weighted by atomic mass is 19.4. The van der Waals surface area contributed by atoms with E-state index < -0.39 is 18.6 Å². The van der Waals surface area contributed by atoms with Gasteiger partial charge in [0.05, 0.1) is 11.9 Å². The van der Waals surface area contributed by atoms with E-state index in [1.54, 1.807) is 6.92 Å². The van der Waals surface area contributed by atoms with Crippen molar-refractivity contribution < 1.29 is 22.5 Å². The minimum absolute atomic E-state index is 0.0427. The number of carbonyl (C=O) groups is 1. The molecule has 6 nitrogen and oxygen atoms in total. The molecule has 0 aromatic carbocycles. The van der Waals surface area contributed by atoms with E-state index in [1.165, 1.54) is 6.07 Å². The monoisotopic (exact) mass is 274 g/mol. The lowest BCUT2D eigenvalue weighted by atomic mass is 10.3. The molecular formula is C10H9F3N4O2. The number of anilines is 1. The number of carbonyl (C=O) groups excluding carboxylic acids is 1. The van der Waals surface area contributed by atoms with Gasteiger partial charge in [0, 0.05) is 12.3 Å². The third-order valence-electron chi connectivity index (χ3n) is 2.09. The van der Waals surface area contributed by atoms with Crippen molar-refractivity contribution in [3.05, 3.63) is 29.9 Å². The van der Waals surface area contributed by atoms with Gasteiger partial charge in [0.15, 0.2) is 5.69 Å². The number of hydrogen-bond acceptors (Lipinski definition) is 4. The zero-order chi connectivity index (χ0) is 14.0. The lowest BCUT2D eigenvalue weighted by Crippen LogP contribution is -2.18. The van der Waals surface area contributed by atoms with Gasteiger partial charge in [-0.3, -0.25) is 9.48 Å². The number of rotatable bonds is 3. The largest absolute Gasteiger partial charge is 0.408 e. The topological polar surface area (TPSA) is 73.0 Å². The summed E-state index contributed by atoms with van der Waals surface area (Å²) in [5.41, 5.74) is 0.191. The number of amides is 1. The van der Waals surface area contributed by atoms with E-state index in [-0.39, 0.29) is 11.4 Å². The first kappa shape index (κ1) is 13.1. The van der Waals surface area contributed by atoms with E-state index in [4.69, 9.17) is 4.52 Å². The molecule has 0 saturated carbocycles. The van der Waals surface area contributed by atoms with Gasteiger partial charge in [-0.2, -0.15) is 18.3 Å². The van der Waals surface area contributed by atoms with Crippen LogP contribution < -0.4 is 5.32 Å². The number of aryl methyl sites for hydroxylation is 1. The number of hydrogen-bond donors (Lipinski definition) is 1. The lowest BCUT2D eigenvalue weighted by Gasteiger charge is -2.05. The average Bonchev–Trinajstić information content (AvgIpc) is 2.85. The number of nitrogens with zero attached hydrogens (tertiary/aromatic N) is 3. The van der Waals surface area contributed by atoms with Gasteiger partial charge in [0.1, 0.15) is 12.3 Å².